The van der Waals surface area contributed by atoms with Crippen molar-refractivity contribution in [3.8, 4) is 11.8 Å². The first-order chi connectivity index (χ1) is 6.77. The lowest BCUT2D eigenvalue weighted by atomic mass is 9.76. The van der Waals surface area contributed by atoms with Crippen molar-refractivity contribution in [2.75, 3.05) is 13.1 Å². The molecule has 0 unspecified atom stereocenters. The molecule has 0 aromatic rings. The average molecular weight is 193 g/mol. The molecule has 1 heteroatoms. The number of hydrogen-bond donors (Lipinski definition) is 1. The maximum absolute atomic E-state index is 3.53. The summed E-state index contributed by atoms with van der Waals surface area (Å²) >= 11 is 0. The Bertz CT molecular complexity index is 203. The molecule has 0 bridgehead atoms. The second kappa shape index (κ2) is 6.09. The van der Waals surface area contributed by atoms with E-state index < -0.39 is 0 Å². The standard InChI is InChI=1S/C13H23N/c1-3-4-8-11-14-12-13(2)9-6-5-7-10-13/h14H,5-12H2,1-2H3. The topological polar surface area (TPSA) is 12.0 Å². The van der Waals surface area contributed by atoms with Gasteiger partial charge in [-0.3, -0.25) is 0 Å². The van der Waals surface area contributed by atoms with Gasteiger partial charge in [0.15, 0.2) is 0 Å². The molecule has 80 valence electrons. The first-order valence-corrected chi connectivity index (χ1v) is 5.87. The van der Waals surface area contributed by atoms with Crippen molar-refractivity contribution < 1.29 is 0 Å². The van der Waals surface area contributed by atoms with E-state index in [0.717, 1.165) is 13.0 Å². The number of hydrogen-bond acceptors (Lipinski definition) is 1. The monoisotopic (exact) mass is 193 g/mol. The lowest BCUT2D eigenvalue weighted by molar-refractivity contribution is 0.209. The molecule has 0 aromatic heterocycles. The fourth-order valence-electron chi connectivity index (χ4n) is 2.25. The smallest absolute Gasteiger partial charge is 0.0214 e. The summed E-state index contributed by atoms with van der Waals surface area (Å²) in [4.78, 5) is 0. The lowest BCUT2D eigenvalue weighted by Gasteiger charge is -2.33. The quantitative estimate of drug-likeness (QED) is 0.534. The van der Waals surface area contributed by atoms with E-state index in [2.05, 4.69) is 24.1 Å². The van der Waals surface area contributed by atoms with Crippen LogP contribution in [-0.2, 0) is 0 Å². The van der Waals surface area contributed by atoms with Gasteiger partial charge in [0.2, 0.25) is 0 Å². The van der Waals surface area contributed by atoms with E-state index in [1.165, 1.54) is 38.6 Å². The Labute approximate surface area is 88.7 Å². The molecule has 0 radical (unpaired) electrons. The molecule has 1 N–H and O–H groups in total. The zero-order valence-corrected chi connectivity index (χ0v) is 9.66. The predicted molar refractivity (Wildman–Crippen MR) is 62.1 cm³/mol. The van der Waals surface area contributed by atoms with Gasteiger partial charge in [-0.2, -0.15) is 0 Å². The van der Waals surface area contributed by atoms with Crippen molar-refractivity contribution in [3.63, 3.8) is 0 Å². The van der Waals surface area contributed by atoms with Crippen LogP contribution in [0.25, 0.3) is 0 Å². The highest BCUT2D eigenvalue weighted by Gasteiger charge is 2.25. The van der Waals surface area contributed by atoms with Crippen LogP contribution in [0.5, 0.6) is 0 Å². The maximum atomic E-state index is 3.53. The van der Waals surface area contributed by atoms with Crippen molar-refractivity contribution in [2.45, 2.75) is 52.4 Å². The molecule has 1 aliphatic carbocycles. The summed E-state index contributed by atoms with van der Waals surface area (Å²) < 4.78 is 0. The van der Waals surface area contributed by atoms with Gasteiger partial charge >= 0.3 is 0 Å². The molecule has 1 nitrogen and oxygen atoms in total. The molecule has 14 heavy (non-hydrogen) atoms. The second-order valence-corrected chi connectivity index (χ2v) is 4.72. The Kier molecular flexibility index (Phi) is 5.04. The van der Waals surface area contributed by atoms with Crippen LogP contribution in [0, 0.1) is 17.3 Å². The third-order valence-corrected chi connectivity index (χ3v) is 3.22. The Morgan fingerprint density at radius 1 is 1.21 bits per heavy atom. The van der Waals surface area contributed by atoms with E-state index in [1.807, 2.05) is 6.92 Å². The van der Waals surface area contributed by atoms with Gasteiger partial charge in [-0.1, -0.05) is 26.2 Å². The molecular formula is C13H23N. The predicted octanol–water partition coefficient (Wildman–Crippen LogP) is 2.96. The van der Waals surface area contributed by atoms with Crippen molar-refractivity contribution in [2.24, 2.45) is 5.41 Å². The van der Waals surface area contributed by atoms with Gasteiger partial charge in [-0.25, -0.2) is 0 Å². The van der Waals surface area contributed by atoms with Crippen molar-refractivity contribution >= 4 is 0 Å². The molecule has 0 saturated heterocycles. The molecule has 0 atom stereocenters. The van der Waals surface area contributed by atoms with E-state index >= 15 is 0 Å². The first kappa shape index (κ1) is 11.6. The minimum absolute atomic E-state index is 0.567. The fourth-order valence-corrected chi connectivity index (χ4v) is 2.25. The molecule has 0 aromatic carbocycles. The van der Waals surface area contributed by atoms with Crippen molar-refractivity contribution in [1.82, 2.24) is 5.32 Å². The summed E-state index contributed by atoms with van der Waals surface area (Å²) in [5.74, 6) is 6.01. The Hall–Kier alpha value is -0.480. The molecule has 1 rings (SSSR count). The van der Waals surface area contributed by atoms with Crippen LogP contribution < -0.4 is 5.32 Å². The molecular weight excluding hydrogens is 170 g/mol. The van der Waals surface area contributed by atoms with Crippen LogP contribution in [0.1, 0.15) is 52.4 Å². The van der Waals surface area contributed by atoms with Gasteiger partial charge in [-0.05, 0) is 25.2 Å². The second-order valence-electron chi connectivity index (χ2n) is 4.72. The highest BCUT2D eigenvalue weighted by Crippen LogP contribution is 2.34. The minimum Gasteiger partial charge on any atom is -0.315 e. The molecule has 1 saturated carbocycles. The zero-order valence-electron chi connectivity index (χ0n) is 9.66. The van der Waals surface area contributed by atoms with Crippen LogP contribution in [-0.4, -0.2) is 13.1 Å². The van der Waals surface area contributed by atoms with Crippen LogP contribution >= 0.6 is 0 Å². The fraction of sp³-hybridized carbons (Fsp3) is 0.846. The lowest BCUT2D eigenvalue weighted by Crippen LogP contribution is -2.33. The van der Waals surface area contributed by atoms with E-state index in [1.54, 1.807) is 0 Å². The van der Waals surface area contributed by atoms with Gasteiger partial charge < -0.3 is 5.32 Å². The summed E-state index contributed by atoms with van der Waals surface area (Å²) in [5.41, 5.74) is 0.567. The summed E-state index contributed by atoms with van der Waals surface area (Å²) in [7, 11) is 0. The largest absolute Gasteiger partial charge is 0.315 e. The molecule has 0 amide bonds. The van der Waals surface area contributed by atoms with Gasteiger partial charge in [0, 0.05) is 19.5 Å². The van der Waals surface area contributed by atoms with E-state index in [4.69, 9.17) is 0 Å². The molecule has 1 fully saturated rings. The van der Waals surface area contributed by atoms with Crippen molar-refractivity contribution in [3.05, 3.63) is 0 Å². The van der Waals surface area contributed by atoms with Crippen molar-refractivity contribution in [1.29, 1.82) is 0 Å². The van der Waals surface area contributed by atoms with Crippen LogP contribution in [0.2, 0.25) is 0 Å². The third-order valence-electron chi connectivity index (χ3n) is 3.22. The first-order valence-electron chi connectivity index (χ1n) is 5.87. The third kappa shape index (κ3) is 4.15. The highest BCUT2D eigenvalue weighted by molar-refractivity contribution is 4.95. The summed E-state index contributed by atoms with van der Waals surface area (Å²) in [6, 6.07) is 0. The number of nitrogens with one attached hydrogen (secondary N) is 1. The van der Waals surface area contributed by atoms with E-state index in [0.29, 0.717) is 5.41 Å². The van der Waals surface area contributed by atoms with Gasteiger partial charge in [0.1, 0.15) is 0 Å². The minimum atomic E-state index is 0.567. The average Bonchev–Trinajstić information content (AvgIpc) is 2.18. The molecule has 0 heterocycles. The SMILES string of the molecule is CC#CCCNCC1(C)CCCCC1. The Morgan fingerprint density at radius 3 is 2.57 bits per heavy atom. The molecule has 1 aliphatic rings. The van der Waals surface area contributed by atoms with Crippen LogP contribution in [0.4, 0.5) is 0 Å². The van der Waals surface area contributed by atoms with E-state index in [9.17, 15) is 0 Å². The molecule has 0 aliphatic heterocycles. The molecule has 0 spiro atoms. The summed E-state index contributed by atoms with van der Waals surface area (Å²) in [6.45, 7) is 6.56. The van der Waals surface area contributed by atoms with E-state index in [-0.39, 0.29) is 0 Å². The normalized spacial score (nSPS) is 19.9. The zero-order chi connectivity index (χ0) is 10.3. The number of rotatable bonds is 4. The Balaban J connectivity index is 2.11. The van der Waals surface area contributed by atoms with Gasteiger partial charge in [-0.15, -0.1) is 11.8 Å². The maximum Gasteiger partial charge on any atom is 0.0214 e. The van der Waals surface area contributed by atoms with Crippen LogP contribution in [0.3, 0.4) is 0 Å². The summed E-state index contributed by atoms with van der Waals surface area (Å²) in [5, 5.41) is 3.53. The van der Waals surface area contributed by atoms with Crippen LogP contribution in [0.15, 0.2) is 0 Å². The van der Waals surface area contributed by atoms with Gasteiger partial charge in [0.05, 0.1) is 0 Å². The Morgan fingerprint density at radius 2 is 1.93 bits per heavy atom. The van der Waals surface area contributed by atoms with Gasteiger partial charge in [0.25, 0.3) is 0 Å². The summed E-state index contributed by atoms with van der Waals surface area (Å²) in [6.07, 6.45) is 8.09. The highest BCUT2D eigenvalue weighted by atomic mass is 14.9.